The lowest BCUT2D eigenvalue weighted by Gasteiger charge is -2.11. The molecule has 0 aliphatic rings. The summed E-state index contributed by atoms with van der Waals surface area (Å²) in [5.41, 5.74) is 7.77. The molecule has 0 bridgehead atoms. The Morgan fingerprint density at radius 3 is 2.71 bits per heavy atom. The van der Waals surface area contributed by atoms with Crippen LogP contribution in [0.25, 0.3) is 0 Å². The quantitative estimate of drug-likeness (QED) is 0.729. The van der Waals surface area contributed by atoms with Crippen LogP contribution in [0, 0.1) is 0 Å². The second-order valence-corrected chi connectivity index (χ2v) is 4.37. The number of nitrogens with two attached hydrogens (primary N) is 1. The van der Waals surface area contributed by atoms with Crippen LogP contribution >= 0.6 is 0 Å². The van der Waals surface area contributed by atoms with Gasteiger partial charge in [0.15, 0.2) is 0 Å². The summed E-state index contributed by atoms with van der Waals surface area (Å²) in [6.45, 7) is 4.33. The lowest BCUT2D eigenvalue weighted by Crippen LogP contribution is -2.16. The number of hydrogen-bond acceptors (Lipinski definition) is 4. The van der Waals surface area contributed by atoms with E-state index in [1.54, 1.807) is 0 Å². The van der Waals surface area contributed by atoms with Crippen LogP contribution in [0.4, 0.5) is 0 Å². The Bertz CT molecular complexity index is 317. The maximum atomic E-state index is 5.65. The molecule has 0 spiro atoms. The van der Waals surface area contributed by atoms with Gasteiger partial charge in [-0.3, -0.25) is 0 Å². The van der Waals surface area contributed by atoms with Crippen molar-refractivity contribution in [3.8, 4) is 5.88 Å². The summed E-state index contributed by atoms with van der Waals surface area (Å²) in [6.07, 6.45) is 1.91. The largest absolute Gasteiger partial charge is 0.478 e. The average molecular weight is 237 g/mol. The van der Waals surface area contributed by atoms with Crippen molar-refractivity contribution in [3.05, 3.63) is 23.4 Å². The molecule has 0 aliphatic heterocycles. The highest BCUT2D eigenvalue weighted by molar-refractivity contribution is 5.25. The van der Waals surface area contributed by atoms with Crippen LogP contribution in [0.1, 0.15) is 24.6 Å². The first kappa shape index (κ1) is 13.9. The minimum absolute atomic E-state index is 0.531. The zero-order valence-corrected chi connectivity index (χ0v) is 11.1. The van der Waals surface area contributed by atoms with Gasteiger partial charge in [-0.2, -0.15) is 0 Å². The second-order valence-electron chi connectivity index (χ2n) is 4.37. The molecule has 1 rings (SSSR count). The molecule has 0 unspecified atom stereocenters. The predicted octanol–water partition coefficient (Wildman–Crippen LogP) is 1.43. The topological polar surface area (TPSA) is 51.4 Å². The highest BCUT2D eigenvalue weighted by Crippen LogP contribution is 2.13. The van der Waals surface area contributed by atoms with E-state index < -0.39 is 0 Å². The van der Waals surface area contributed by atoms with E-state index in [9.17, 15) is 0 Å². The number of aryl methyl sites for hydroxylation is 1. The fourth-order valence-corrected chi connectivity index (χ4v) is 1.55. The summed E-state index contributed by atoms with van der Waals surface area (Å²) >= 11 is 0. The Hall–Kier alpha value is -1.13. The normalized spacial score (nSPS) is 10.9. The molecular weight excluding hydrogens is 214 g/mol. The average Bonchev–Trinajstić information content (AvgIpc) is 2.34. The minimum Gasteiger partial charge on any atom is -0.478 e. The molecule has 4 nitrogen and oxygen atoms in total. The molecule has 0 saturated heterocycles. The fourth-order valence-electron chi connectivity index (χ4n) is 1.55. The van der Waals surface area contributed by atoms with Crippen LogP contribution in [0.3, 0.4) is 0 Å². The molecule has 4 heteroatoms. The van der Waals surface area contributed by atoms with E-state index in [0.717, 1.165) is 30.6 Å². The van der Waals surface area contributed by atoms with Gasteiger partial charge >= 0.3 is 0 Å². The number of ether oxygens (including phenoxy) is 1. The summed E-state index contributed by atoms with van der Waals surface area (Å²) in [5.74, 6) is 0.698. The van der Waals surface area contributed by atoms with Gasteiger partial charge in [-0.15, -0.1) is 0 Å². The molecule has 0 aliphatic carbocycles. The molecule has 17 heavy (non-hydrogen) atoms. The Kier molecular flexibility index (Phi) is 5.94. The first-order chi connectivity index (χ1) is 8.15. The maximum absolute atomic E-state index is 5.65. The van der Waals surface area contributed by atoms with Crippen molar-refractivity contribution in [1.29, 1.82) is 0 Å². The van der Waals surface area contributed by atoms with Crippen LogP contribution in [0.5, 0.6) is 5.88 Å². The number of pyridine rings is 1. The highest BCUT2D eigenvalue weighted by atomic mass is 16.5. The second kappa shape index (κ2) is 7.25. The van der Waals surface area contributed by atoms with Gasteiger partial charge in [0.25, 0.3) is 0 Å². The molecule has 0 saturated carbocycles. The van der Waals surface area contributed by atoms with Crippen LogP contribution in [0.15, 0.2) is 12.1 Å². The third-order valence-electron chi connectivity index (χ3n) is 2.51. The molecule has 1 aromatic rings. The SMILES string of the molecule is CCc1cc(CN)cc(OCCCN(C)C)n1. The maximum Gasteiger partial charge on any atom is 0.213 e. The van der Waals surface area contributed by atoms with E-state index >= 15 is 0 Å². The van der Waals surface area contributed by atoms with Crippen molar-refractivity contribution in [3.63, 3.8) is 0 Å². The number of rotatable bonds is 7. The van der Waals surface area contributed by atoms with Crippen molar-refractivity contribution in [2.45, 2.75) is 26.3 Å². The Balaban J connectivity index is 2.51. The fraction of sp³-hybridized carbons (Fsp3) is 0.615. The van der Waals surface area contributed by atoms with E-state index in [0.29, 0.717) is 19.0 Å². The zero-order chi connectivity index (χ0) is 12.7. The Morgan fingerprint density at radius 2 is 2.12 bits per heavy atom. The van der Waals surface area contributed by atoms with Crippen LogP contribution in [-0.2, 0) is 13.0 Å². The Labute approximate surface area is 104 Å². The number of hydrogen-bond donors (Lipinski definition) is 1. The Morgan fingerprint density at radius 1 is 1.35 bits per heavy atom. The minimum atomic E-state index is 0.531. The standard InChI is InChI=1S/C13H23N3O/c1-4-12-8-11(10-14)9-13(15-12)17-7-5-6-16(2)3/h8-9H,4-7,10,14H2,1-3H3. The van der Waals surface area contributed by atoms with Gasteiger partial charge in [-0.1, -0.05) is 6.92 Å². The predicted molar refractivity (Wildman–Crippen MR) is 70.2 cm³/mol. The van der Waals surface area contributed by atoms with E-state index in [4.69, 9.17) is 10.5 Å². The van der Waals surface area contributed by atoms with Crippen molar-refractivity contribution < 1.29 is 4.74 Å². The van der Waals surface area contributed by atoms with Gasteiger partial charge < -0.3 is 15.4 Å². The summed E-state index contributed by atoms with van der Waals surface area (Å²) in [6, 6.07) is 3.96. The number of aromatic nitrogens is 1. The van der Waals surface area contributed by atoms with Crippen molar-refractivity contribution >= 4 is 0 Å². The molecule has 0 amide bonds. The van der Waals surface area contributed by atoms with Crippen molar-refractivity contribution in [2.75, 3.05) is 27.2 Å². The van der Waals surface area contributed by atoms with E-state index in [2.05, 4.69) is 30.9 Å². The first-order valence-electron chi connectivity index (χ1n) is 6.13. The van der Waals surface area contributed by atoms with Gasteiger partial charge in [-0.05, 0) is 38.6 Å². The van der Waals surface area contributed by atoms with Gasteiger partial charge in [0.2, 0.25) is 5.88 Å². The molecule has 0 fully saturated rings. The monoisotopic (exact) mass is 237 g/mol. The molecule has 1 heterocycles. The van der Waals surface area contributed by atoms with Crippen LogP contribution in [0.2, 0.25) is 0 Å². The highest BCUT2D eigenvalue weighted by Gasteiger charge is 2.02. The van der Waals surface area contributed by atoms with E-state index in [-0.39, 0.29) is 0 Å². The van der Waals surface area contributed by atoms with Crippen LogP contribution in [-0.4, -0.2) is 37.1 Å². The third kappa shape index (κ3) is 5.15. The lowest BCUT2D eigenvalue weighted by molar-refractivity contribution is 0.272. The number of nitrogens with zero attached hydrogens (tertiary/aromatic N) is 2. The zero-order valence-electron chi connectivity index (χ0n) is 11.1. The van der Waals surface area contributed by atoms with Gasteiger partial charge in [0.05, 0.1) is 6.61 Å². The summed E-state index contributed by atoms with van der Waals surface area (Å²) in [5, 5.41) is 0. The van der Waals surface area contributed by atoms with Crippen LogP contribution < -0.4 is 10.5 Å². The molecule has 0 aromatic carbocycles. The van der Waals surface area contributed by atoms with Gasteiger partial charge in [0.1, 0.15) is 0 Å². The van der Waals surface area contributed by atoms with Crippen molar-refractivity contribution in [2.24, 2.45) is 5.73 Å². The lowest BCUT2D eigenvalue weighted by atomic mass is 10.2. The molecule has 2 N–H and O–H groups in total. The molecule has 0 atom stereocenters. The van der Waals surface area contributed by atoms with Crippen molar-refractivity contribution in [1.82, 2.24) is 9.88 Å². The summed E-state index contributed by atoms with van der Waals surface area (Å²) < 4.78 is 5.65. The smallest absolute Gasteiger partial charge is 0.213 e. The van der Waals surface area contributed by atoms with Gasteiger partial charge in [-0.25, -0.2) is 4.98 Å². The van der Waals surface area contributed by atoms with E-state index in [1.807, 2.05) is 12.1 Å². The van der Waals surface area contributed by atoms with Gasteiger partial charge in [0, 0.05) is 24.8 Å². The summed E-state index contributed by atoms with van der Waals surface area (Å²) in [7, 11) is 4.12. The molecule has 96 valence electrons. The molecule has 1 aromatic heterocycles. The first-order valence-corrected chi connectivity index (χ1v) is 6.13. The van der Waals surface area contributed by atoms with E-state index in [1.165, 1.54) is 0 Å². The third-order valence-corrected chi connectivity index (χ3v) is 2.51. The summed E-state index contributed by atoms with van der Waals surface area (Å²) in [4.78, 5) is 6.57. The molecule has 0 radical (unpaired) electrons. The molecular formula is C13H23N3O.